The van der Waals surface area contributed by atoms with Crippen LogP contribution in [0.1, 0.15) is 13.8 Å². The third kappa shape index (κ3) is 3.44. The molecule has 0 heterocycles. The predicted molar refractivity (Wildman–Crippen MR) is 64.5 cm³/mol. The summed E-state index contributed by atoms with van der Waals surface area (Å²) in [5.41, 5.74) is 6.97. The molecule has 0 saturated heterocycles. The number of ether oxygens (including phenoxy) is 1. The van der Waals surface area contributed by atoms with Crippen molar-refractivity contribution in [2.45, 2.75) is 19.9 Å². The third-order valence-electron chi connectivity index (χ3n) is 2.31. The summed E-state index contributed by atoms with van der Waals surface area (Å²) in [7, 11) is 1.68. The highest BCUT2D eigenvalue weighted by Gasteiger charge is 2.06. The number of nitrogens with zero attached hydrogens (tertiary/aromatic N) is 1. The molecule has 1 atom stereocenters. The topological polar surface area (TPSA) is 38.5 Å². The number of likely N-dealkylation sites (N-methyl/N-ethyl adjacent to an activating group) is 1. The van der Waals surface area contributed by atoms with Gasteiger partial charge in [-0.1, -0.05) is 6.07 Å². The van der Waals surface area contributed by atoms with E-state index >= 15 is 0 Å². The lowest BCUT2D eigenvalue weighted by Crippen LogP contribution is -2.35. The standard InChI is InChI=1S/C12H20N2O/c1-4-14(9-10(2)13)11-6-5-7-12(8-11)15-3/h5-8,10H,4,9,13H2,1-3H3. The molecule has 0 fully saturated rings. The number of rotatable bonds is 5. The fourth-order valence-corrected chi connectivity index (χ4v) is 1.57. The van der Waals surface area contributed by atoms with Gasteiger partial charge < -0.3 is 15.4 Å². The van der Waals surface area contributed by atoms with Gasteiger partial charge in [0.25, 0.3) is 0 Å². The molecule has 0 amide bonds. The fraction of sp³-hybridized carbons (Fsp3) is 0.500. The number of nitrogens with two attached hydrogens (primary N) is 1. The second-order valence-electron chi connectivity index (χ2n) is 3.72. The van der Waals surface area contributed by atoms with Gasteiger partial charge in [-0.05, 0) is 26.0 Å². The first-order valence-electron chi connectivity index (χ1n) is 5.32. The van der Waals surface area contributed by atoms with Gasteiger partial charge >= 0.3 is 0 Å². The Kier molecular flexibility index (Phi) is 4.43. The van der Waals surface area contributed by atoms with E-state index in [1.165, 1.54) is 0 Å². The van der Waals surface area contributed by atoms with Crippen LogP contribution in [0.5, 0.6) is 5.75 Å². The van der Waals surface area contributed by atoms with E-state index in [0.717, 1.165) is 24.5 Å². The monoisotopic (exact) mass is 208 g/mol. The first kappa shape index (κ1) is 11.9. The molecule has 1 rings (SSSR count). The van der Waals surface area contributed by atoms with Crippen molar-refractivity contribution in [3.8, 4) is 5.75 Å². The third-order valence-corrected chi connectivity index (χ3v) is 2.31. The van der Waals surface area contributed by atoms with Crippen molar-refractivity contribution in [2.24, 2.45) is 5.73 Å². The van der Waals surface area contributed by atoms with Crippen LogP contribution in [0.3, 0.4) is 0 Å². The number of hydrogen-bond acceptors (Lipinski definition) is 3. The minimum Gasteiger partial charge on any atom is -0.497 e. The summed E-state index contributed by atoms with van der Waals surface area (Å²) in [5.74, 6) is 0.885. The summed E-state index contributed by atoms with van der Waals surface area (Å²) in [4.78, 5) is 2.24. The van der Waals surface area contributed by atoms with Crippen molar-refractivity contribution in [1.29, 1.82) is 0 Å². The first-order valence-corrected chi connectivity index (χ1v) is 5.32. The van der Waals surface area contributed by atoms with E-state index < -0.39 is 0 Å². The smallest absolute Gasteiger partial charge is 0.120 e. The van der Waals surface area contributed by atoms with E-state index in [9.17, 15) is 0 Å². The summed E-state index contributed by atoms with van der Waals surface area (Å²) in [6.07, 6.45) is 0. The van der Waals surface area contributed by atoms with E-state index in [0.29, 0.717) is 0 Å². The molecule has 0 saturated carbocycles. The molecule has 0 bridgehead atoms. The van der Waals surface area contributed by atoms with Gasteiger partial charge in [0.05, 0.1) is 7.11 Å². The van der Waals surface area contributed by atoms with Gasteiger partial charge in [0.2, 0.25) is 0 Å². The summed E-state index contributed by atoms with van der Waals surface area (Å²) in [6.45, 7) is 5.96. The minimum absolute atomic E-state index is 0.177. The molecule has 3 nitrogen and oxygen atoms in total. The Morgan fingerprint density at radius 2 is 2.20 bits per heavy atom. The average Bonchev–Trinajstić information content (AvgIpc) is 2.25. The molecule has 3 heteroatoms. The zero-order valence-electron chi connectivity index (χ0n) is 9.73. The summed E-state index contributed by atoms with van der Waals surface area (Å²) >= 11 is 0. The van der Waals surface area contributed by atoms with E-state index in [1.54, 1.807) is 7.11 Å². The molecule has 1 unspecified atom stereocenters. The van der Waals surface area contributed by atoms with Gasteiger partial charge in [0.1, 0.15) is 5.75 Å². The maximum Gasteiger partial charge on any atom is 0.120 e. The highest BCUT2D eigenvalue weighted by Crippen LogP contribution is 2.20. The fourth-order valence-electron chi connectivity index (χ4n) is 1.57. The lowest BCUT2D eigenvalue weighted by Gasteiger charge is -2.25. The maximum atomic E-state index is 5.80. The molecule has 2 N–H and O–H groups in total. The number of anilines is 1. The van der Waals surface area contributed by atoms with Crippen LogP contribution < -0.4 is 15.4 Å². The lowest BCUT2D eigenvalue weighted by atomic mass is 10.2. The van der Waals surface area contributed by atoms with Crippen LogP contribution in [-0.2, 0) is 0 Å². The molecule has 0 aliphatic rings. The molecule has 0 radical (unpaired) electrons. The van der Waals surface area contributed by atoms with Crippen LogP contribution in [0.25, 0.3) is 0 Å². The van der Waals surface area contributed by atoms with Crippen molar-refractivity contribution < 1.29 is 4.74 Å². The van der Waals surface area contributed by atoms with Crippen LogP contribution >= 0.6 is 0 Å². The zero-order valence-corrected chi connectivity index (χ0v) is 9.73. The van der Waals surface area contributed by atoms with Gasteiger partial charge in [-0.15, -0.1) is 0 Å². The van der Waals surface area contributed by atoms with Crippen molar-refractivity contribution in [2.75, 3.05) is 25.1 Å². The van der Waals surface area contributed by atoms with Crippen molar-refractivity contribution in [3.05, 3.63) is 24.3 Å². The van der Waals surface area contributed by atoms with E-state index in [2.05, 4.69) is 17.9 Å². The highest BCUT2D eigenvalue weighted by atomic mass is 16.5. The lowest BCUT2D eigenvalue weighted by molar-refractivity contribution is 0.414. The molecular weight excluding hydrogens is 188 g/mol. The molecule has 84 valence electrons. The second kappa shape index (κ2) is 5.61. The quantitative estimate of drug-likeness (QED) is 0.802. The van der Waals surface area contributed by atoms with Gasteiger partial charge in [-0.3, -0.25) is 0 Å². The van der Waals surface area contributed by atoms with E-state index in [1.807, 2.05) is 25.1 Å². The first-order chi connectivity index (χ1) is 7.17. The van der Waals surface area contributed by atoms with Crippen LogP contribution in [-0.4, -0.2) is 26.2 Å². The normalized spacial score (nSPS) is 12.3. The minimum atomic E-state index is 0.177. The molecule has 0 aromatic heterocycles. The van der Waals surface area contributed by atoms with Gasteiger partial charge in [0, 0.05) is 30.9 Å². The van der Waals surface area contributed by atoms with Crippen molar-refractivity contribution >= 4 is 5.69 Å². The number of benzene rings is 1. The molecule has 15 heavy (non-hydrogen) atoms. The average molecular weight is 208 g/mol. The Morgan fingerprint density at radius 1 is 1.47 bits per heavy atom. The SMILES string of the molecule is CCN(CC(C)N)c1cccc(OC)c1. The zero-order chi connectivity index (χ0) is 11.3. The molecule has 0 aliphatic heterocycles. The largest absolute Gasteiger partial charge is 0.497 e. The Labute approximate surface area is 91.8 Å². The Morgan fingerprint density at radius 3 is 2.73 bits per heavy atom. The maximum absolute atomic E-state index is 5.80. The van der Waals surface area contributed by atoms with Gasteiger partial charge in [0.15, 0.2) is 0 Å². The Hall–Kier alpha value is -1.22. The Bertz CT molecular complexity index is 299. The van der Waals surface area contributed by atoms with Crippen LogP contribution in [0.15, 0.2) is 24.3 Å². The van der Waals surface area contributed by atoms with Crippen molar-refractivity contribution in [1.82, 2.24) is 0 Å². The predicted octanol–water partition coefficient (Wildman–Crippen LogP) is 1.87. The van der Waals surface area contributed by atoms with Crippen LogP contribution in [0, 0.1) is 0 Å². The van der Waals surface area contributed by atoms with Crippen LogP contribution in [0.2, 0.25) is 0 Å². The summed E-state index contributed by atoms with van der Waals surface area (Å²) in [5, 5.41) is 0. The second-order valence-corrected chi connectivity index (χ2v) is 3.72. The number of methoxy groups -OCH3 is 1. The molecule has 1 aromatic rings. The molecule has 0 spiro atoms. The summed E-state index contributed by atoms with van der Waals surface area (Å²) < 4.78 is 5.20. The van der Waals surface area contributed by atoms with E-state index in [-0.39, 0.29) is 6.04 Å². The van der Waals surface area contributed by atoms with E-state index in [4.69, 9.17) is 10.5 Å². The van der Waals surface area contributed by atoms with Crippen molar-refractivity contribution in [3.63, 3.8) is 0 Å². The summed E-state index contributed by atoms with van der Waals surface area (Å²) in [6, 6.07) is 8.23. The Balaban J connectivity index is 2.81. The molecule has 0 aliphatic carbocycles. The molecular formula is C12H20N2O. The van der Waals surface area contributed by atoms with Gasteiger partial charge in [-0.2, -0.15) is 0 Å². The highest BCUT2D eigenvalue weighted by molar-refractivity contribution is 5.50. The number of hydrogen-bond donors (Lipinski definition) is 1. The van der Waals surface area contributed by atoms with Crippen LogP contribution in [0.4, 0.5) is 5.69 Å². The molecule has 1 aromatic carbocycles. The van der Waals surface area contributed by atoms with Gasteiger partial charge in [-0.25, -0.2) is 0 Å².